The van der Waals surface area contributed by atoms with Gasteiger partial charge in [-0.1, -0.05) is 59.5 Å². The first-order valence-corrected chi connectivity index (χ1v) is 13.0. The predicted octanol–water partition coefficient (Wildman–Crippen LogP) is 7.99. The Bertz CT molecular complexity index is 645. The lowest BCUT2D eigenvalue weighted by molar-refractivity contribution is -0.114. The third-order valence-corrected chi connectivity index (χ3v) is 10.4. The van der Waals surface area contributed by atoms with Crippen LogP contribution in [0.3, 0.4) is 0 Å². The Balaban J connectivity index is 1.50. The van der Waals surface area contributed by atoms with E-state index < -0.39 is 0 Å². The standard InChI is InChI=1S/C28H46O/c1-19(2)8-6-9-20(3)24-13-14-25-23-12-11-21-18-22(29)10-7-16-27(21,4)26(23)15-17-28(24,25)5/h18-20,23-26H,6-17H2,1-5H3. The van der Waals surface area contributed by atoms with Crippen LogP contribution in [-0.4, -0.2) is 5.78 Å². The average molecular weight is 399 g/mol. The molecule has 3 saturated carbocycles. The Morgan fingerprint density at radius 2 is 1.76 bits per heavy atom. The zero-order chi connectivity index (χ0) is 20.8. The van der Waals surface area contributed by atoms with Crippen molar-refractivity contribution in [2.45, 2.75) is 112 Å². The van der Waals surface area contributed by atoms with Crippen molar-refractivity contribution in [3.63, 3.8) is 0 Å². The number of ketones is 1. The number of rotatable bonds is 5. The monoisotopic (exact) mass is 398 g/mol. The van der Waals surface area contributed by atoms with Gasteiger partial charge in [-0.05, 0) is 104 Å². The summed E-state index contributed by atoms with van der Waals surface area (Å²) in [6.07, 6.45) is 17.8. The molecule has 4 rings (SSSR count). The van der Waals surface area contributed by atoms with Crippen LogP contribution in [-0.2, 0) is 4.79 Å². The summed E-state index contributed by atoms with van der Waals surface area (Å²) in [5.41, 5.74) is 2.43. The molecule has 1 nitrogen and oxygen atoms in total. The lowest BCUT2D eigenvalue weighted by atomic mass is 9.47. The Morgan fingerprint density at radius 3 is 2.52 bits per heavy atom. The molecule has 0 bridgehead atoms. The molecule has 0 spiro atoms. The number of carbonyl (C=O) groups is 1. The zero-order valence-corrected chi connectivity index (χ0v) is 19.9. The Morgan fingerprint density at radius 1 is 0.966 bits per heavy atom. The molecule has 0 amide bonds. The summed E-state index contributed by atoms with van der Waals surface area (Å²) in [6.45, 7) is 12.5. The van der Waals surface area contributed by atoms with Crippen molar-refractivity contribution in [1.82, 2.24) is 0 Å². The van der Waals surface area contributed by atoms with E-state index in [2.05, 4.69) is 40.7 Å². The molecule has 0 aromatic carbocycles. The van der Waals surface area contributed by atoms with E-state index in [1.165, 1.54) is 69.8 Å². The summed E-state index contributed by atoms with van der Waals surface area (Å²) >= 11 is 0. The summed E-state index contributed by atoms with van der Waals surface area (Å²) in [5.74, 6) is 5.78. The molecule has 0 radical (unpaired) electrons. The van der Waals surface area contributed by atoms with Crippen LogP contribution >= 0.6 is 0 Å². The van der Waals surface area contributed by atoms with E-state index >= 15 is 0 Å². The van der Waals surface area contributed by atoms with Gasteiger partial charge in [-0.3, -0.25) is 4.79 Å². The van der Waals surface area contributed by atoms with Crippen LogP contribution in [0.5, 0.6) is 0 Å². The maximum Gasteiger partial charge on any atom is 0.155 e. The molecule has 0 aromatic heterocycles. The van der Waals surface area contributed by atoms with Gasteiger partial charge in [0.25, 0.3) is 0 Å². The molecule has 7 atom stereocenters. The van der Waals surface area contributed by atoms with E-state index in [-0.39, 0.29) is 0 Å². The first-order valence-electron chi connectivity index (χ1n) is 13.0. The number of carbonyl (C=O) groups excluding carboxylic acids is 1. The second kappa shape index (κ2) is 8.16. The fraction of sp³-hybridized carbons (Fsp3) is 0.893. The summed E-state index contributed by atoms with van der Waals surface area (Å²) < 4.78 is 0. The van der Waals surface area contributed by atoms with E-state index in [4.69, 9.17) is 0 Å². The van der Waals surface area contributed by atoms with Crippen molar-refractivity contribution in [2.24, 2.45) is 46.3 Å². The predicted molar refractivity (Wildman–Crippen MR) is 123 cm³/mol. The van der Waals surface area contributed by atoms with Gasteiger partial charge in [-0.15, -0.1) is 0 Å². The Labute approximate surface area is 180 Å². The SMILES string of the molecule is CC(C)CCCC(C)C1CCC2C3CCC4=CC(=O)CCCC4(C)C3CCC12C. The third kappa shape index (κ3) is 3.78. The smallest absolute Gasteiger partial charge is 0.155 e. The third-order valence-electron chi connectivity index (χ3n) is 10.4. The first kappa shape index (κ1) is 21.6. The molecular weight excluding hydrogens is 352 g/mol. The van der Waals surface area contributed by atoms with E-state index in [1.807, 2.05) is 0 Å². The quantitative estimate of drug-likeness (QED) is 0.458. The van der Waals surface area contributed by atoms with Crippen LogP contribution in [0.15, 0.2) is 11.6 Å². The number of hydrogen-bond donors (Lipinski definition) is 0. The fourth-order valence-electron chi connectivity index (χ4n) is 8.83. The second-order valence-electron chi connectivity index (χ2n) is 12.4. The summed E-state index contributed by atoms with van der Waals surface area (Å²) in [6, 6.07) is 0. The lowest BCUT2D eigenvalue weighted by Crippen LogP contribution is -2.50. The summed E-state index contributed by atoms with van der Waals surface area (Å²) in [7, 11) is 0. The largest absolute Gasteiger partial charge is 0.295 e. The molecule has 7 unspecified atom stereocenters. The summed E-state index contributed by atoms with van der Waals surface area (Å²) in [4.78, 5) is 12.2. The molecule has 29 heavy (non-hydrogen) atoms. The van der Waals surface area contributed by atoms with Gasteiger partial charge >= 0.3 is 0 Å². The van der Waals surface area contributed by atoms with Gasteiger partial charge in [-0.25, -0.2) is 0 Å². The minimum Gasteiger partial charge on any atom is -0.295 e. The Kier molecular flexibility index (Phi) is 6.09. The minimum atomic E-state index is 0.317. The highest BCUT2D eigenvalue weighted by Crippen LogP contribution is 2.67. The van der Waals surface area contributed by atoms with Crippen LogP contribution in [0.1, 0.15) is 112 Å². The van der Waals surface area contributed by atoms with E-state index in [1.54, 1.807) is 0 Å². The minimum absolute atomic E-state index is 0.317. The topological polar surface area (TPSA) is 17.1 Å². The van der Waals surface area contributed by atoms with Crippen LogP contribution in [0, 0.1) is 46.3 Å². The fourth-order valence-corrected chi connectivity index (χ4v) is 8.83. The molecule has 0 N–H and O–H groups in total. The molecule has 3 fully saturated rings. The van der Waals surface area contributed by atoms with Gasteiger partial charge in [0.15, 0.2) is 5.78 Å². The molecule has 1 heteroatoms. The normalized spacial score (nSPS) is 43.2. The molecular formula is C28H46O. The highest BCUT2D eigenvalue weighted by molar-refractivity contribution is 5.90. The molecule has 4 aliphatic rings. The molecule has 4 aliphatic carbocycles. The van der Waals surface area contributed by atoms with Gasteiger partial charge in [0.1, 0.15) is 0 Å². The van der Waals surface area contributed by atoms with Gasteiger partial charge in [0, 0.05) is 6.42 Å². The molecule has 0 aliphatic heterocycles. The van der Waals surface area contributed by atoms with Gasteiger partial charge in [-0.2, -0.15) is 0 Å². The van der Waals surface area contributed by atoms with Crippen molar-refractivity contribution in [3.05, 3.63) is 11.6 Å². The highest BCUT2D eigenvalue weighted by Gasteiger charge is 2.59. The second-order valence-corrected chi connectivity index (χ2v) is 12.4. The zero-order valence-electron chi connectivity index (χ0n) is 19.9. The average Bonchev–Trinajstić information content (AvgIpc) is 2.92. The maximum atomic E-state index is 12.2. The first-order chi connectivity index (χ1) is 13.8. The lowest BCUT2D eigenvalue weighted by Gasteiger charge is -2.58. The molecule has 164 valence electrons. The highest BCUT2D eigenvalue weighted by atomic mass is 16.1. The molecule has 0 heterocycles. The number of hydrogen-bond acceptors (Lipinski definition) is 1. The summed E-state index contributed by atoms with van der Waals surface area (Å²) in [5, 5.41) is 0. The number of fused-ring (bicyclic) bond motifs is 5. The van der Waals surface area contributed by atoms with Crippen molar-refractivity contribution >= 4 is 5.78 Å². The van der Waals surface area contributed by atoms with Crippen LogP contribution < -0.4 is 0 Å². The molecule has 0 aromatic rings. The van der Waals surface area contributed by atoms with E-state index in [0.717, 1.165) is 48.3 Å². The maximum absolute atomic E-state index is 12.2. The van der Waals surface area contributed by atoms with Gasteiger partial charge in [0.05, 0.1) is 0 Å². The van der Waals surface area contributed by atoms with Crippen molar-refractivity contribution in [3.8, 4) is 0 Å². The van der Waals surface area contributed by atoms with Gasteiger partial charge in [0.2, 0.25) is 0 Å². The van der Waals surface area contributed by atoms with Crippen molar-refractivity contribution in [1.29, 1.82) is 0 Å². The van der Waals surface area contributed by atoms with Crippen LogP contribution in [0.25, 0.3) is 0 Å². The van der Waals surface area contributed by atoms with Gasteiger partial charge < -0.3 is 0 Å². The number of allylic oxidation sites excluding steroid dienone is 2. The van der Waals surface area contributed by atoms with E-state index in [9.17, 15) is 4.79 Å². The Hall–Kier alpha value is -0.590. The van der Waals surface area contributed by atoms with Crippen molar-refractivity contribution in [2.75, 3.05) is 0 Å². The van der Waals surface area contributed by atoms with Crippen LogP contribution in [0.2, 0.25) is 0 Å². The van der Waals surface area contributed by atoms with Crippen LogP contribution in [0.4, 0.5) is 0 Å². The molecule has 0 saturated heterocycles. The van der Waals surface area contributed by atoms with E-state index in [0.29, 0.717) is 16.6 Å². The van der Waals surface area contributed by atoms with Crippen molar-refractivity contribution < 1.29 is 4.79 Å².